The first-order valence-electron chi connectivity index (χ1n) is 9.37. The molecule has 1 aromatic carbocycles. The van der Waals surface area contributed by atoms with Crippen LogP contribution in [0.1, 0.15) is 11.1 Å². The van der Waals surface area contributed by atoms with Gasteiger partial charge in [0, 0.05) is 31.2 Å². The number of aromatic nitrogens is 2. The Hall–Kier alpha value is -3.46. The van der Waals surface area contributed by atoms with Crippen LogP contribution in [0.15, 0.2) is 72.1 Å². The number of pyridine rings is 2. The summed E-state index contributed by atoms with van der Waals surface area (Å²) >= 11 is 0. The van der Waals surface area contributed by atoms with Crippen LogP contribution in [0.3, 0.4) is 0 Å². The lowest BCUT2D eigenvalue weighted by Gasteiger charge is -2.29. The Morgan fingerprint density at radius 2 is 2.00 bits per heavy atom. The van der Waals surface area contributed by atoms with Crippen molar-refractivity contribution in [1.29, 1.82) is 0 Å². The third kappa shape index (κ3) is 4.57. The van der Waals surface area contributed by atoms with Crippen molar-refractivity contribution in [3.05, 3.63) is 78.2 Å². The molecule has 9 heteroatoms. The molecule has 3 aromatic rings. The Kier molecular flexibility index (Phi) is 5.62. The van der Waals surface area contributed by atoms with Gasteiger partial charge in [0.2, 0.25) is 0 Å². The average molecular weight is 424 g/mol. The average Bonchev–Trinajstić information content (AvgIpc) is 2.78. The van der Waals surface area contributed by atoms with E-state index in [9.17, 15) is 13.2 Å². The second-order valence-corrected chi connectivity index (χ2v) is 8.43. The van der Waals surface area contributed by atoms with Crippen LogP contribution in [0.2, 0.25) is 0 Å². The second kappa shape index (κ2) is 8.50. The van der Waals surface area contributed by atoms with Gasteiger partial charge in [-0.05, 0) is 53.9 Å². The second-order valence-electron chi connectivity index (χ2n) is 6.80. The van der Waals surface area contributed by atoms with Crippen molar-refractivity contribution in [2.45, 2.75) is 18.0 Å². The molecule has 0 saturated heterocycles. The number of carbonyl (C=O) groups excluding carboxylic acids is 1. The maximum absolute atomic E-state index is 12.5. The van der Waals surface area contributed by atoms with Gasteiger partial charge in [-0.2, -0.15) is 8.42 Å². The van der Waals surface area contributed by atoms with Crippen molar-refractivity contribution in [2.24, 2.45) is 0 Å². The summed E-state index contributed by atoms with van der Waals surface area (Å²) in [5.74, 6) is 0.442. The molecule has 1 aliphatic rings. The van der Waals surface area contributed by atoms with Crippen LogP contribution in [0.25, 0.3) is 0 Å². The lowest BCUT2D eigenvalue weighted by atomic mass is 9.99. The van der Waals surface area contributed by atoms with E-state index in [1.54, 1.807) is 47.6 Å². The number of carbonyl (C=O) groups is 1. The van der Waals surface area contributed by atoms with Gasteiger partial charge < -0.3 is 9.64 Å². The lowest BCUT2D eigenvalue weighted by Crippen LogP contribution is -2.38. The van der Waals surface area contributed by atoms with Gasteiger partial charge in [-0.1, -0.05) is 12.1 Å². The lowest BCUT2D eigenvalue weighted by molar-refractivity contribution is -0.134. The highest BCUT2D eigenvalue weighted by Crippen LogP contribution is 2.24. The number of nitrogens with zero attached hydrogens (tertiary/aromatic N) is 3. The van der Waals surface area contributed by atoms with Crippen molar-refractivity contribution >= 4 is 21.6 Å². The molecule has 0 fully saturated rings. The molecule has 1 N–H and O–H groups in total. The van der Waals surface area contributed by atoms with Gasteiger partial charge in [0.1, 0.15) is 5.75 Å². The monoisotopic (exact) mass is 424 g/mol. The molecule has 1 aliphatic heterocycles. The maximum Gasteiger partial charge on any atom is 0.279 e. The molecule has 0 atom stereocenters. The number of rotatable bonds is 6. The predicted molar refractivity (Wildman–Crippen MR) is 110 cm³/mol. The quantitative estimate of drug-likeness (QED) is 0.651. The Balaban J connectivity index is 1.40. The molecule has 1 amide bonds. The van der Waals surface area contributed by atoms with Crippen molar-refractivity contribution in [3.63, 3.8) is 0 Å². The number of anilines is 1. The molecule has 2 aromatic heterocycles. The van der Waals surface area contributed by atoms with Gasteiger partial charge in [0.05, 0.1) is 6.20 Å². The number of nitrogens with one attached hydrogen (secondary N) is 1. The smallest absolute Gasteiger partial charge is 0.279 e. The third-order valence-corrected chi connectivity index (χ3v) is 6.03. The zero-order chi connectivity index (χ0) is 21.0. The first-order chi connectivity index (χ1) is 14.5. The summed E-state index contributed by atoms with van der Waals surface area (Å²) in [5, 5.41) is -0.0342. The van der Waals surface area contributed by atoms with Crippen molar-refractivity contribution in [3.8, 4) is 5.75 Å². The van der Waals surface area contributed by atoms with Gasteiger partial charge in [-0.25, -0.2) is 4.98 Å². The molecule has 154 valence electrons. The van der Waals surface area contributed by atoms with E-state index in [4.69, 9.17) is 4.74 Å². The molecule has 30 heavy (non-hydrogen) atoms. The van der Waals surface area contributed by atoms with Crippen LogP contribution in [0.4, 0.5) is 5.69 Å². The van der Waals surface area contributed by atoms with E-state index in [0.29, 0.717) is 30.9 Å². The van der Waals surface area contributed by atoms with E-state index in [-0.39, 0.29) is 17.5 Å². The van der Waals surface area contributed by atoms with Crippen LogP contribution in [0.5, 0.6) is 5.75 Å². The Morgan fingerprint density at radius 3 is 2.77 bits per heavy atom. The summed E-state index contributed by atoms with van der Waals surface area (Å²) < 4.78 is 33.0. The summed E-state index contributed by atoms with van der Waals surface area (Å²) in [4.78, 5) is 22.1. The number of sulfonamides is 1. The van der Waals surface area contributed by atoms with Gasteiger partial charge in [-0.3, -0.25) is 14.5 Å². The van der Waals surface area contributed by atoms with Crippen molar-refractivity contribution in [1.82, 2.24) is 14.9 Å². The van der Waals surface area contributed by atoms with Gasteiger partial charge in [0.15, 0.2) is 11.6 Å². The zero-order valence-electron chi connectivity index (χ0n) is 16.1. The minimum atomic E-state index is -3.75. The SMILES string of the molecule is O=C(COc1cccnc1)N1CCc2cc(NS(=O)(=O)c3ccccn3)ccc2C1. The largest absolute Gasteiger partial charge is 0.482 e. The molecule has 0 radical (unpaired) electrons. The Morgan fingerprint density at radius 1 is 1.10 bits per heavy atom. The predicted octanol–water partition coefficient (Wildman–Crippen LogP) is 2.24. The molecule has 0 unspecified atom stereocenters. The molecular weight excluding hydrogens is 404 g/mol. The molecule has 0 bridgehead atoms. The molecule has 4 rings (SSSR count). The first kappa shape index (κ1) is 19.8. The normalized spacial score (nSPS) is 13.4. The van der Waals surface area contributed by atoms with E-state index < -0.39 is 10.0 Å². The number of ether oxygens (including phenoxy) is 1. The zero-order valence-corrected chi connectivity index (χ0v) is 16.9. The molecule has 0 spiro atoms. The Bertz CT molecular complexity index is 1140. The summed E-state index contributed by atoms with van der Waals surface area (Å²) in [5.41, 5.74) is 2.46. The van der Waals surface area contributed by atoms with Gasteiger partial charge in [0.25, 0.3) is 15.9 Å². The van der Waals surface area contributed by atoms with Crippen LogP contribution < -0.4 is 9.46 Å². The minimum Gasteiger partial charge on any atom is -0.482 e. The summed E-state index contributed by atoms with van der Waals surface area (Å²) in [6.07, 6.45) is 5.27. The highest BCUT2D eigenvalue weighted by molar-refractivity contribution is 7.92. The number of fused-ring (bicyclic) bond motifs is 1. The molecule has 8 nitrogen and oxygen atoms in total. The van der Waals surface area contributed by atoms with E-state index >= 15 is 0 Å². The summed E-state index contributed by atoms with van der Waals surface area (Å²) in [7, 11) is -3.75. The molecule has 0 aliphatic carbocycles. The van der Waals surface area contributed by atoms with Crippen LogP contribution in [-0.4, -0.2) is 42.3 Å². The first-order valence-corrected chi connectivity index (χ1v) is 10.9. The fourth-order valence-corrected chi connectivity index (χ4v) is 4.21. The number of hydrogen-bond acceptors (Lipinski definition) is 6. The van der Waals surface area contributed by atoms with Crippen LogP contribution >= 0.6 is 0 Å². The molecule has 3 heterocycles. The minimum absolute atomic E-state index is 0.0342. The number of benzene rings is 1. The van der Waals surface area contributed by atoms with Gasteiger partial charge in [-0.15, -0.1) is 0 Å². The highest BCUT2D eigenvalue weighted by atomic mass is 32.2. The fraction of sp³-hybridized carbons (Fsp3) is 0.190. The number of amides is 1. The summed E-state index contributed by atoms with van der Waals surface area (Å²) in [6, 6.07) is 13.6. The van der Waals surface area contributed by atoms with Gasteiger partial charge >= 0.3 is 0 Å². The Labute approximate surface area is 174 Å². The van der Waals surface area contributed by atoms with E-state index in [1.807, 2.05) is 12.1 Å². The van der Waals surface area contributed by atoms with E-state index in [1.165, 1.54) is 12.3 Å². The summed E-state index contributed by atoms with van der Waals surface area (Å²) in [6.45, 7) is 0.944. The topological polar surface area (TPSA) is 101 Å². The molecule has 0 saturated carbocycles. The molecular formula is C21H20N4O4S. The van der Waals surface area contributed by atoms with Crippen LogP contribution in [0, 0.1) is 0 Å². The fourth-order valence-electron chi connectivity index (χ4n) is 3.21. The third-order valence-electron chi connectivity index (χ3n) is 4.73. The van der Waals surface area contributed by atoms with Crippen LogP contribution in [-0.2, 0) is 27.8 Å². The standard InChI is InChI=1S/C21H20N4O4S/c26-21(15-29-19-4-3-9-22-13-19)25-11-8-16-12-18(7-6-17(16)14-25)24-30(27,28)20-5-1-2-10-23-20/h1-7,9-10,12-13,24H,8,11,14-15H2. The number of hydrogen-bond donors (Lipinski definition) is 1. The van der Waals surface area contributed by atoms with Crippen molar-refractivity contribution in [2.75, 3.05) is 17.9 Å². The van der Waals surface area contributed by atoms with Crippen molar-refractivity contribution < 1.29 is 17.9 Å². The van der Waals surface area contributed by atoms with E-state index in [2.05, 4.69) is 14.7 Å². The van der Waals surface area contributed by atoms with E-state index in [0.717, 1.165) is 11.1 Å². The highest BCUT2D eigenvalue weighted by Gasteiger charge is 2.22. The maximum atomic E-state index is 12.5.